The highest BCUT2D eigenvalue weighted by molar-refractivity contribution is 8.76. The van der Waals surface area contributed by atoms with Gasteiger partial charge in [-0.15, -0.1) is 10.2 Å². The Bertz CT molecular complexity index is 1050. The van der Waals surface area contributed by atoms with Crippen molar-refractivity contribution >= 4 is 55.5 Å². The smallest absolute Gasteiger partial charge is 0.249 e. The van der Waals surface area contributed by atoms with Crippen LogP contribution in [-0.2, 0) is 0 Å². The van der Waals surface area contributed by atoms with Gasteiger partial charge in [-0.05, 0) is 24.3 Å². The summed E-state index contributed by atoms with van der Waals surface area (Å²) in [5.74, 6) is 1.09. The maximum absolute atomic E-state index is 12.3. The van der Waals surface area contributed by atoms with E-state index in [0.717, 1.165) is 11.0 Å². The van der Waals surface area contributed by atoms with Gasteiger partial charge in [0.05, 0.1) is 11.0 Å². The number of hydrogen-bond donors (Lipinski definition) is 0. The number of benzene rings is 2. The molecule has 0 aliphatic carbocycles. The second kappa shape index (κ2) is 8.53. The summed E-state index contributed by atoms with van der Waals surface area (Å²) < 4.78 is 2.69. The maximum atomic E-state index is 12.3. The van der Waals surface area contributed by atoms with Crippen LogP contribution in [-0.4, -0.2) is 53.3 Å². The minimum Gasteiger partial charge on any atom is -0.272 e. The van der Waals surface area contributed by atoms with Crippen LogP contribution in [0.5, 0.6) is 0 Å². The molecule has 2 heterocycles. The van der Waals surface area contributed by atoms with E-state index >= 15 is 0 Å². The number of para-hydroxylation sites is 2. The molecular weight excluding hydrogens is 396 g/mol. The van der Waals surface area contributed by atoms with Crippen LogP contribution in [0.15, 0.2) is 48.5 Å². The van der Waals surface area contributed by atoms with Crippen LogP contribution in [0.1, 0.15) is 22.4 Å². The fourth-order valence-corrected chi connectivity index (χ4v) is 4.65. The Balaban J connectivity index is 1.21. The van der Waals surface area contributed by atoms with E-state index in [4.69, 9.17) is 0 Å². The van der Waals surface area contributed by atoms with Crippen LogP contribution >= 0.6 is 21.6 Å². The number of rotatable bonds is 7. The summed E-state index contributed by atoms with van der Waals surface area (Å²) in [6, 6.07) is 14.7. The highest BCUT2D eigenvalue weighted by Gasteiger charge is 2.13. The molecule has 28 heavy (non-hydrogen) atoms. The van der Waals surface area contributed by atoms with E-state index in [1.165, 1.54) is 9.36 Å². The van der Waals surface area contributed by atoms with Crippen molar-refractivity contribution in [3.8, 4) is 0 Å². The highest BCUT2D eigenvalue weighted by Crippen LogP contribution is 2.23. The van der Waals surface area contributed by atoms with Gasteiger partial charge in [-0.1, -0.05) is 56.3 Å². The van der Waals surface area contributed by atoms with Crippen LogP contribution in [0.4, 0.5) is 0 Å². The zero-order valence-electron chi connectivity index (χ0n) is 14.8. The average Bonchev–Trinajstić information content (AvgIpc) is 3.34. The van der Waals surface area contributed by atoms with Crippen LogP contribution in [0, 0.1) is 0 Å². The Morgan fingerprint density at radius 2 is 1.14 bits per heavy atom. The van der Waals surface area contributed by atoms with Crippen LogP contribution < -0.4 is 0 Å². The van der Waals surface area contributed by atoms with Crippen molar-refractivity contribution in [1.29, 1.82) is 0 Å². The van der Waals surface area contributed by atoms with Crippen molar-refractivity contribution < 1.29 is 9.59 Å². The van der Waals surface area contributed by atoms with Crippen molar-refractivity contribution in [1.82, 2.24) is 30.0 Å². The van der Waals surface area contributed by atoms with Gasteiger partial charge in [-0.25, -0.2) is 0 Å². The molecule has 0 bridgehead atoms. The van der Waals surface area contributed by atoms with E-state index in [1.54, 1.807) is 21.6 Å². The van der Waals surface area contributed by atoms with Gasteiger partial charge in [0.15, 0.2) is 0 Å². The number of fused-ring (bicyclic) bond motifs is 2. The lowest BCUT2D eigenvalue weighted by molar-refractivity contribution is 0.0889. The second-order valence-electron chi connectivity index (χ2n) is 5.91. The molecule has 0 amide bonds. The molecule has 0 unspecified atom stereocenters. The number of hydrogen-bond acceptors (Lipinski definition) is 8. The molecule has 142 valence electrons. The van der Waals surface area contributed by atoms with Gasteiger partial charge in [0.1, 0.15) is 11.0 Å². The SMILES string of the molecule is O=C(CCSSCCC(=O)n1nnc2ccccc21)n1nnc2ccccc21. The number of nitrogens with zero attached hydrogens (tertiary/aromatic N) is 6. The first kappa shape index (κ1) is 18.6. The zero-order valence-corrected chi connectivity index (χ0v) is 16.4. The van der Waals surface area contributed by atoms with Crippen LogP contribution in [0.2, 0.25) is 0 Å². The third kappa shape index (κ3) is 3.92. The number of carbonyl (C=O) groups excluding carboxylic acids is 2. The molecule has 2 aromatic carbocycles. The largest absolute Gasteiger partial charge is 0.272 e. The lowest BCUT2D eigenvalue weighted by Crippen LogP contribution is -2.13. The summed E-state index contributed by atoms with van der Waals surface area (Å²) in [7, 11) is 3.13. The van der Waals surface area contributed by atoms with Gasteiger partial charge in [-0.3, -0.25) is 9.59 Å². The minimum atomic E-state index is -0.0908. The van der Waals surface area contributed by atoms with Crippen molar-refractivity contribution in [2.45, 2.75) is 12.8 Å². The molecule has 0 saturated heterocycles. The first-order valence-corrected chi connectivity index (χ1v) is 11.1. The fourth-order valence-electron chi connectivity index (χ4n) is 2.69. The molecule has 0 spiro atoms. The lowest BCUT2D eigenvalue weighted by Gasteiger charge is -2.03. The van der Waals surface area contributed by atoms with Gasteiger partial charge in [-0.2, -0.15) is 9.36 Å². The van der Waals surface area contributed by atoms with Crippen LogP contribution in [0.25, 0.3) is 22.1 Å². The molecule has 2 aromatic heterocycles. The summed E-state index contributed by atoms with van der Waals surface area (Å²) in [5.41, 5.74) is 2.85. The maximum Gasteiger partial charge on any atom is 0.249 e. The van der Waals surface area contributed by atoms with Crippen molar-refractivity contribution in [3.63, 3.8) is 0 Å². The Hall–Kier alpha value is -2.72. The normalized spacial score (nSPS) is 11.3. The van der Waals surface area contributed by atoms with Crippen LogP contribution in [0.3, 0.4) is 0 Å². The van der Waals surface area contributed by atoms with E-state index in [9.17, 15) is 9.59 Å². The third-order valence-electron chi connectivity index (χ3n) is 4.06. The predicted molar refractivity (Wildman–Crippen MR) is 110 cm³/mol. The van der Waals surface area contributed by atoms with E-state index in [2.05, 4.69) is 20.6 Å². The van der Waals surface area contributed by atoms with E-state index < -0.39 is 0 Å². The molecule has 4 aromatic rings. The first-order valence-electron chi connectivity index (χ1n) is 8.66. The van der Waals surface area contributed by atoms with Crippen molar-refractivity contribution in [2.24, 2.45) is 0 Å². The molecule has 0 fully saturated rings. The van der Waals surface area contributed by atoms with Crippen molar-refractivity contribution in [3.05, 3.63) is 48.5 Å². The summed E-state index contributed by atoms with van der Waals surface area (Å²) in [5, 5.41) is 15.8. The van der Waals surface area contributed by atoms with Gasteiger partial charge >= 0.3 is 0 Å². The monoisotopic (exact) mass is 412 g/mol. The minimum absolute atomic E-state index is 0.0908. The fraction of sp³-hybridized carbons (Fsp3) is 0.222. The molecule has 0 atom stereocenters. The topological polar surface area (TPSA) is 95.6 Å². The highest BCUT2D eigenvalue weighted by atomic mass is 33.1. The molecule has 0 aliphatic rings. The summed E-state index contributed by atoms with van der Waals surface area (Å²) in [4.78, 5) is 24.6. The van der Waals surface area contributed by atoms with Gasteiger partial charge < -0.3 is 0 Å². The summed E-state index contributed by atoms with van der Waals surface area (Å²) in [6.45, 7) is 0. The molecule has 0 aliphatic heterocycles. The quantitative estimate of drug-likeness (QED) is 0.337. The number of carbonyl (C=O) groups is 2. The molecular formula is C18H16N6O2S2. The molecule has 10 heteroatoms. The Labute approximate surface area is 168 Å². The third-order valence-corrected chi connectivity index (χ3v) is 6.47. The van der Waals surface area contributed by atoms with E-state index in [-0.39, 0.29) is 11.8 Å². The Morgan fingerprint density at radius 1 is 0.714 bits per heavy atom. The molecule has 0 N–H and O–H groups in total. The van der Waals surface area contributed by atoms with E-state index in [0.29, 0.717) is 35.4 Å². The Kier molecular flexibility index (Phi) is 5.68. The van der Waals surface area contributed by atoms with E-state index in [1.807, 2.05) is 48.5 Å². The molecule has 8 nitrogen and oxygen atoms in total. The summed E-state index contributed by atoms with van der Waals surface area (Å²) >= 11 is 0. The predicted octanol–water partition coefficient (Wildman–Crippen LogP) is 3.32. The first-order chi connectivity index (χ1) is 13.7. The average molecular weight is 413 g/mol. The standard InChI is InChI=1S/C18H16N6O2S2/c25-17(23-15-7-3-1-5-13(15)19-21-23)9-11-27-28-12-10-18(26)24-16-8-4-2-6-14(16)20-22-24/h1-8H,9-12H2. The molecule has 0 saturated carbocycles. The van der Waals surface area contributed by atoms with Gasteiger partial charge in [0.2, 0.25) is 11.8 Å². The number of aromatic nitrogens is 6. The zero-order chi connectivity index (χ0) is 19.3. The lowest BCUT2D eigenvalue weighted by atomic mass is 10.3. The van der Waals surface area contributed by atoms with Crippen molar-refractivity contribution in [2.75, 3.05) is 11.5 Å². The Morgan fingerprint density at radius 3 is 1.61 bits per heavy atom. The molecule has 4 rings (SSSR count). The summed E-state index contributed by atoms with van der Waals surface area (Å²) in [6.07, 6.45) is 0.708. The second-order valence-corrected chi connectivity index (χ2v) is 8.61. The van der Waals surface area contributed by atoms with Gasteiger partial charge in [0, 0.05) is 24.3 Å². The molecule has 0 radical (unpaired) electrons. The van der Waals surface area contributed by atoms with Gasteiger partial charge in [0.25, 0.3) is 0 Å².